The number of benzene rings is 2. The lowest BCUT2D eigenvalue weighted by atomic mass is 10.2. The first kappa shape index (κ1) is 10.7. The van der Waals surface area contributed by atoms with Crippen LogP contribution in [0.5, 0.6) is 5.75 Å². The minimum Gasteiger partial charge on any atom is -0.337 e. The molecule has 0 aliphatic carbocycles. The lowest BCUT2D eigenvalue weighted by Crippen LogP contribution is -1.97. The number of hydrogen-bond donors (Lipinski definition) is 1. The van der Waals surface area contributed by atoms with E-state index in [0.29, 0.717) is 12.4 Å². The molecule has 5 heteroatoms. The van der Waals surface area contributed by atoms with Gasteiger partial charge in [0.2, 0.25) is 0 Å². The van der Waals surface area contributed by atoms with Crippen LogP contribution in [0.2, 0.25) is 0 Å². The van der Waals surface area contributed by atoms with Crippen molar-refractivity contribution in [3.05, 3.63) is 54.1 Å². The van der Waals surface area contributed by atoms with E-state index in [1.807, 2.05) is 48.5 Å². The second-order valence-corrected chi connectivity index (χ2v) is 3.81. The Labute approximate surface area is 103 Å². The predicted octanol–water partition coefficient (Wildman–Crippen LogP) is 2.47. The van der Waals surface area contributed by atoms with Crippen LogP contribution in [0, 0.1) is 0 Å². The first-order chi connectivity index (χ1) is 8.92. The zero-order chi connectivity index (χ0) is 12.2. The number of H-pyrrole nitrogens is 1. The number of hydrogen-bond acceptors (Lipinski definition) is 4. The first-order valence-corrected chi connectivity index (χ1v) is 5.56. The van der Waals surface area contributed by atoms with E-state index in [0.717, 1.165) is 16.6 Å². The van der Waals surface area contributed by atoms with Crippen molar-refractivity contribution < 1.29 is 9.78 Å². The van der Waals surface area contributed by atoms with Crippen molar-refractivity contribution in [1.82, 2.24) is 15.4 Å². The van der Waals surface area contributed by atoms with Crippen molar-refractivity contribution in [2.75, 3.05) is 0 Å². The standard InChI is InChI=1S/C13H11N3O2/c1-2-4-11(5-3-1)18-17-9-10-6-7-12-13(8-10)15-16-14-12/h1-8H,9H2,(H,14,15,16). The second kappa shape index (κ2) is 4.85. The van der Waals surface area contributed by atoms with E-state index >= 15 is 0 Å². The Morgan fingerprint density at radius 1 is 0.944 bits per heavy atom. The molecule has 3 rings (SSSR count). The second-order valence-electron chi connectivity index (χ2n) is 3.81. The van der Waals surface area contributed by atoms with Crippen molar-refractivity contribution in [1.29, 1.82) is 0 Å². The lowest BCUT2D eigenvalue weighted by molar-refractivity contribution is -0.217. The fourth-order valence-electron chi connectivity index (χ4n) is 1.62. The summed E-state index contributed by atoms with van der Waals surface area (Å²) in [4.78, 5) is 10.3. The van der Waals surface area contributed by atoms with Crippen LogP contribution in [0.15, 0.2) is 48.5 Å². The molecule has 5 nitrogen and oxygen atoms in total. The molecule has 90 valence electrons. The van der Waals surface area contributed by atoms with E-state index in [2.05, 4.69) is 15.4 Å². The zero-order valence-corrected chi connectivity index (χ0v) is 9.54. The van der Waals surface area contributed by atoms with Gasteiger partial charge in [0, 0.05) is 0 Å². The molecule has 0 atom stereocenters. The average Bonchev–Trinajstić information content (AvgIpc) is 2.87. The summed E-state index contributed by atoms with van der Waals surface area (Å²) >= 11 is 0. The summed E-state index contributed by atoms with van der Waals surface area (Å²) in [6.07, 6.45) is 0. The van der Waals surface area contributed by atoms with E-state index in [9.17, 15) is 0 Å². The van der Waals surface area contributed by atoms with E-state index in [4.69, 9.17) is 9.78 Å². The molecule has 0 saturated heterocycles. The molecule has 3 aromatic rings. The van der Waals surface area contributed by atoms with Crippen LogP contribution in [0.4, 0.5) is 0 Å². The lowest BCUT2D eigenvalue weighted by Gasteiger charge is -2.04. The molecule has 1 N–H and O–H groups in total. The third kappa shape index (κ3) is 2.31. The quantitative estimate of drug-likeness (QED) is 0.563. The van der Waals surface area contributed by atoms with Crippen molar-refractivity contribution >= 4 is 11.0 Å². The molecular weight excluding hydrogens is 230 g/mol. The smallest absolute Gasteiger partial charge is 0.165 e. The predicted molar refractivity (Wildman–Crippen MR) is 65.7 cm³/mol. The number of nitrogens with one attached hydrogen (secondary N) is 1. The van der Waals surface area contributed by atoms with Crippen LogP contribution < -0.4 is 4.89 Å². The summed E-state index contributed by atoms with van der Waals surface area (Å²) in [5, 5.41) is 10.6. The number of para-hydroxylation sites is 1. The molecule has 0 unspecified atom stereocenters. The molecule has 1 aromatic heterocycles. The van der Waals surface area contributed by atoms with Gasteiger partial charge in [0.15, 0.2) is 5.75 Å². The summed E-state index contributed by atoms with van der Waals surface area (Å²) in [7, 11) is 0. The Kier molecular flexibility index (Phi) is 2.89. The zero-order valence-electron chi connectivity index (χ0n) is 9.54. The van der Waals surface area contributed by atoms with Gasteiger partial charge < -0.3 is 4.89 Å². The van der Waals surface area contributed by atoms with E-state index in [1.165, 1.54) is 0 Å². The molecule has 18 heavy (non-hydrogen) atoms. The molecule has 0 amide bonds. The highest BCUT2D eigenvalue weighted by Crippen LogP contribution is 2.13. The van der Waals surface area contributed by atoms with Crippen LogP contribution >= 0.6 is 0 Å². The van der Waals surface area contributed by atoms with Crippen molar-refractivity contribution in [2.24, 2.45) is 0 Å². The molecule has 0 bridgehead atoms. The first-order valence-electron chi connectivity index (χ1n) is 5.56. The largest absolute Gasteiger partial charge is 0.337 e. The van der Waals surface area contributed by atoms with Gasteiger partial charge in [0.25, 0.3) is 0 Å². The van der Waals surface area contributed by atoms with E-state index in [1.54, 1.807) is 0 Å². The maximum absolute atomic E-state index is 5.17. The summed E-state index contributed by atoms with van der Waals surface area (Å²) in [5.74, 6) is 0.681. The highest BCUT2D eigenvalue weighted by atomic mass is 17.2. The van der Waals surface area contributed by atoms with Gasteiger partial charge in [-0.2, -0.15) is 20.3 Å². The Morgan fingerprint density at radius 3 is 2.67 bits per heavy atom. The van der Waals surface area contributed by atoms with Gasteiger partial charge >= 0.3 is 0 Å². The number of fused-ring (bicyclic) bond motifs is 1. The van der Waals surface area contributed by atoms with Gasteiger partial charge in [0.05, 0.1) is 0 Å². The average molecular weight is 241 g/mol. The van der Waals surface area contributed by atoms with Crippen molar-refractivity contribution in [2.45, 2.75) is 6.61 Å². The van der Waals surface area contributed by atoms with Crippen LogP contribution in [-0.4, -0.2) is 15.4 Å². The third-order valence-electron chi connectivity index (χ3n) is 2.50. The summed E-state index contributed by atoms with van der Waals surface area (Å²) in [6.45, 7) is 0.359. The van der Waals surface area contributed by atoms with Crippen molar-refractivity contribution in [3.8, 4) is 5.75 Å². The van der Waals surface area contributed by atoms with Gasteiger partial charge in [-0.1, -0.05) is 24.3 Å². The maximum atomic E-state index is 5.17. The molecule has 0 fully saturated rings. The normalized spacial score (nSPS) is 10.7. The number of aromatic nitrogens is 3. The molecule has 2 aromatic carbocycles. The van der Waals surface area contributed by atoms with Crippen LogP contribution in [0.1, 0.15) is 5.56 Å². The number of nitrogens with zero attached hydrogens (tertiary/aromatic N) is 2. The van der Waals surface area contributed by atoms with Gasteiger partial charge in [-0.3, -0.25) is 0 Å². The highest BCUT2D eigenvalue weighted by Gasteiger charge is 2.01. The van der Waals surface area contributed by atoms with Crippen molar-refractivity contribution in [3.63, 3.8) is 0 Å². The van der Waals surface area contributed by atoms with Gasteiger partial charge in [0.1, 0.15) is 17.6 Å². The van der Waals surface area contributed by atoms with Crippen LogP contribution in [-0.2, 0) is 11.5 Å². The van der Waals surface area contributed by atoms with Crippen LogP contribution in [0.3, 0.4) is 0 Å². The topological polar surface area (TPSA) is 60.0 Å². The maximum Gasteiger partial charge on any atom is 0.165 e. The summed E-state index contributed by atoms with van der Waals surface area (Å²) in [6, 6.07) is 15.1. The van der Waals surface area contributed by atoms with Crippen LogP contribution in [0.25, 0.3) is 11.0 Å². The minimum absolute atomic E-state index is 0.359. The van der Waals surface area contributed by atoms with Gasteiger partial charge in [-0.15, -0.1) is 0 Å². The van der Waals surface area contributed by atoms with E-state index < -0.39 is 0 Å². The molecule has 0 spiro atoms. The van der Waals surface area contributed by atoms with Gasteiger partial charge in [-0.25, -0.2) is 0 Å². The van der Waals surface area contributed by atoms with E-state index in [-0.39, 0.29) is 0 Å². The molecule has 0 aliphatic rings. The fraction of sp³-hybridized carbons (Fsp3) is 0.0769. The fourth-order valence-corrected chi connectivity index (χ4v) is 1.62. The summed E-state index contributed by atoms with van der Waals surface area (Å²) in [5.41, 5.74) is 2.63. The number of rotatable bonds is 4. The minimum atomic E-state index is 0.359. The molecule has 0 saturated carbocycles. The highest BCUT2D eigenvalue weighted by molar-refractivity contribution is 5.73. The number of aromatic amines is 1. The molecular formula is C13H11N3O2. The SMILES string of the molecule is c1ccc(OOCc2ccc3n[nH]nc3c2)cc1. The third-order valence-corrected chi connectivity index (χ3v) is 2.50. The monoisotopic (exact) mass is 241 g/mol. The molecule has 1 heterocycles. The Morgan fingerprint density at radius 2 is 1.78 bits per heavy atom. The Balaban J connectivity index is 1.62. The Hall–Kier alpha value is -2.40. The summed E-state index contributed by atoms with van der Waals surface area (Å²) < 4.78 is 0. The van der Waals surface area contributed by atoms with Gasteiger partial charge in [-0.05, 0) is 29.8 Å². The molecule has 0 radical (unpaired) electrons. The molecule has 0 aliphatic heterocycles. The Bertz CT molecular complexity index is 637.